The molecule has 0 aliphatic carbocycles. The van der Waals surface area contributed by atoms with Crippen LogP contribution in [0, 0.1) is 0 Å². The van der Waals surface area contributed by atoms with E-state index in [1.807, 2.05) is 29.6 Å². The minimum atomic E-state index is -0.162. The first-order valence-electron chi connectivity index (χ1n) is 8.12. The summed E-state index contributed by atoms with van der Waals surface area (Å²) in [5, 5.41) is 2.86. The summed E-state index contributed by atoms with van der Waals surface area (Å²) in [6.07, 6.45) is 2.39. The van der Waals surface area contributed by atoms with Crippen LogP contribution in [-0.4, -0.2) is 27.3 Å². The number of carbonyl (C=O) groups is 1. The number of benzene rings is 1. The van der Waals surface area contributed by atoms with E-state index in [1.54, 1.807) is 22.7 Å². The Labute approximate surface area is 153 Å². The average molecular weight is 371 g/mol. The molecule has 2 aromatic heterocycles. The maximum atomic E-state index is 12.9. The molecule has 1 unspecified atom stereocenters. The van der Waals surface area contributed by atoms with Gasteiger partial charge in [-0.2, -0.15) is 0 Å². The number of fused-ring (bicyclic) bond motifs is 2. The van der Waals surface area contributed by atoms with E-state index in [-0.39, 0.29) is 18.0 Å². The van der Waals surface area contributed by atoms with Crippen molar-refractivity contribution in [3.63, 3.8) is 0 Å². The van der Waals surface area contributed by atoms with Crippen molar-refractivity contribution in [1.29, 1.82) is 0 Å². The Hall–Kier alpha value is -2.12. The SMILES string of the molecule is CC1CCN(C(=O)Cn2cnc3sccc3c2=O)c2ccccc2S1. The molecule has 0 N–H and O–H groups in total. The summed E-state index contributed by atoms with van der Waals surface area (Å²) in [5.74, 6) is -0.0828. The van der Waals surface area contributed by atoms with Crippen LogP contribution >= 0.6 is 23.1 Å². The second-order valence-corrected chi connectivity index (χ2v) is 8.42. The molecule has 5 nitrogen and oxygen atoms in total. The molecule has 0 fully saturated rings. The van der Waals surface area contributed by atoms with Crippen molar-refractivity contribution in [2.45, 2.75) is 30.0 Å². The molecule has 0 saturated carbocycles. The lowest BCUT2D eigenvalue weighted by Crippen LogP contribution is -2.37. The van der Waals surface area contributed by atoms with Crippen LogP contribution in [0.3, 0.4) is 0 Å². The van der Waals surface area contributed by atoms with Gasteiger partial charge in [-0.15, -0.1) is 23.1 Å². The van der Waals surface area contributed by atoms with Gasteiger partial charge in [0, 0.05) is 16.7 Å². The zero-order chi connectivity index (χ0) is 17.4. The van der Waals surface area contributed by atoms with E-state index in [2.05, 4.69) is 11.9 Å². The first-order chi connectivity index (χ1) is 12.1. The summed E-state index contributed by atoms with van der Waals surface area (Å²) in [7, 11) is 0. The van der Waals surface area contributed by atoms with Gasteiger partial charge in [0.25, 0.3) is 5.56 Å². The number of amides is 1. The molecule has 1 atom stereocenters. The number of rotatable bonds is 2. The van der Waals surface area contributed by atoms with Gasteiger partial charge in [-0.3, -0.25) is 14.2 Å². The third kappa shape index (κ3) is 3.09. The lowest BCUT2D eigenvalue weighted by Gasteiger charge is -2.22. The average Bonchev–Trinajstić information content (AvgIpc) is 3.01. The number of thiophene rings is 1. The largest absolute Gasteiger partial charge is 0.310 e. The molecule has 128 valence electrons. The molecule has 0 bridgehead atoms. The number of aromatic nitrogens is 2. The van der Waals surface area contributed by atoms with E-state index in [9.17, 15) is 9.59 Å². The second kappa shape index (κ2) is 6.65. The fourth-order valence-corrected chi connectivity index (χ4v) is 4.82. The van der Waals surface area contributed by atoms with Gasteiger partial charge in [0.2, 0.25) is 5.91 Å². The van der Waals surface area contributed by atoms with E-state index in [0.29, 0.717) is 22.0 Å². The lowest BCUT2D eigenvalue weighted by molar-refractivity contribution is -0.119. The normalized spacial score (nSPS) is 17.3. The molecule has 7 heteroatoms. The van der Waals surface area contributed by atoms with Crippen LogP contribution in [0.2, 0.25) is 0 Å². The third-order valence-electron chi connectivity index (χ3n) is 4.30. The zero-order valence-electron chi connectivity index (χ0n) is 13.7. The standard InChI is InChI=1S/C18H17N3O2S2/c1-12-6-8-21(14-4-2-3-5-15(14)25-12)16(22)10-20-11-19-17-13(18(20)23)7-9-24-17/h2-5,7,9,11-12H,6,8,10H2,1H3. The van der Waals surface area contributed by atoms with Gasteiger partial charge in [-0.1, -0.05) is 19.1 Å². The molecule has 1 aliphatic heterocycles. The highest BCUT2D eigenvalue weighted by Gasteiger charge is 2.24. The van der Waals surface area contributed by atoms with Gasteiger partial charge in [0.15, 0.2) is 0 Å². The van der Waals surface area contributed by atoms with Gasteiger partial charge in [0.1, 0.15) is 11.4 Å². The molecule has 25 heavy (non-hydrogen) atoms. The highest BCUT2D eigenvalue weighted by molar-refractivity contribution is 8.00. The molecular formula is C18H17N3O2S2. The quantitative estimate of drug-likeness (QED) is 0.693. The van der Waals surface area contributed by atoms with Gasteiger partial charge >= 0.3 is 0 Å². The van der Waals surface area contributed by atoms with Crippen LogP contribution in [0.5, 0.6) is 0 Å². The molecule has 0 saturated heterocycles. The Kier molecular flexibility index (Phi) is 4.35. The number of hydrogen-bond acceptors (Lipinski definition) is 5. The van der Waals surface area contributed by atoms with Gasteiger partial charge in [0.05, 0.1) is 17.4 Å². The Balaban J connectivity index is 1.66. The summed E-state index contributed by atoms with van der Waals surface area (Å²) in [4.78, 5) is 33.4. The van der Waals surface area contributed by atoms with Crippen LogP contribution in [-0.2, 0) is 11.3 Å². The molecule has 0 radical (unpaired) electrons. The Morgan fingerprint density at radius 1 is 1.32 bits per heavy atom. The fraction of sp³-hybridized carbons (Fsp3) is 0.278. The van der Waals surface area contributed by atoms with Crippen molar-refractivity contribution in [3.05, 3.63) is 52.4 Å². The van der Waals surface area contributed by atoms with E-state index in [1.165, 1.54) is 22.2 Å². The van der Waals surface area contributed by atoms with E-state index in [4.69, 9.17) is 0 Å². The van der Waals surface area contributed by atoms with Crippen molar-refractivity contribution in [2.24, 2.45) is 0 Å². The zero-order valence-corrected chi connectivity index (χ0v) is 15.3. The first-order valence-corrected chi connectivity index (χ1v) is 9.88. The Morgan fingerprint density at radius 3 is 3.04 bits per heavy atom. The monoisotopic (exact) mass is 371 g/mol. The summed E-state index contributed by atoms with van der Waals surface area (Å²) in [6.45, 7) is 2.84. The summed E-state index contributed by atoms with van der Waals surface area (Å²) in [6, 6.07) is 9.72. The maximum absolute atomic E-state index is 12.9. The molecule has 3 heterocycles. The Morgan fingerprint density at radius 2 is 2.16 bits per heavy atom. The molecule has 4 rings (SSSR count). The number of anilines is 1. The molecule has 3 aromatic rings. The fourth-order valence-electron chi connectivity index (χ4n) is 2.98. The summed E-state index contributed by atoms with van der Waals surface area (Å²) >= 11 is 3.22. The molecule has 0 spiro atoms. The van der Waals surface area contributed by atoms with E-state index in [0.717, 1.165) is 17.0 Å². The second-order valence-electron chi connectivity index (χ2n) is 6.05. The smallest absolute Gasteiger partial charge is 0.262 e. The van der Waals surface area contributed by atoms with Crippen LogP contribution in [0.4, 0.5) is 5.69 Å². The highest BCUT2D eigenvalue weighted by Crippen LogP contribution is 2.37. The van der Waals surface area contributed by atoms with Crippen molar-refractivity contribution >= 4 is 44.9 Å². The number of thioether (sulfide) groups is 1. The summed E-state index contributed by atoms with van der Waals surface area (Å²) in [5.41, 5.74) is 0.768. The van der Waals surface area contributed by atoms with Crippen molar-refractivity contribution in [2.75, 3.05) is 11.4 Å². The van der Waals surface area contributed by atoms with E-state index >= 15 is 0 Å². The van der Waals surface area contributed by atoms with Crippen molar-refractivity contribution < 1.29 is 4.79 Å². The molecule has 1 amide bonds. The number of hydrogen-bond donors (Lipinski definition) is 0. The van der Waals surface area contributed by atoms with Crippen molar-refractivity contribution in [1.82, 2.24) is 9.55 Å². The minimum absolute atomic E-state index is 0.00496. The van der Waals surface area contributed by atoms with Gasteiger partial charge in [-0.05, 0) is 30.0 Å². The van der Waals surface area contributed by atoms with E-state index < -0.39 is 0 Å². The van der Waals surface area contributed by atoms with Gasteiger partial charge in [-0.25, -0.2) is 4.98 Å². The number of para-hydroxylation sites is 1. The number of carbonyl (C=O) groups excluding carboxylic acids is 1. The molecule has 1 aliphatic rings. The highest BCUT2D eigenvalue weighted by atomic mass is 32.2. The maximum Gasteiger partial charge on any atom is 0.262 e. The first kappa shape index (κ1) is 16.4. The Bertz CT molecular complexity index is 995. The third-order valence-corrected chi connectivity index (χ3v) is 6.36. The predicted octanol–water partition coefficient (Wildman–Crippen LogP) is 3.38. The predicted molar refractivity (Wildman–Crippen MR) is 103 cm³/mol. The molecule has 1 aromatic carbocycles. The van der Waals surface area contributed by atoms with Gasteiger partial charge < -0.3 is 4.90 Å². The van der Waals surface area contributed by atoms with Crippen LogP contribution in [0.15, 0.2) is 51.7 Å². The van der Waals surface area contributed by atoms with Crippen molar-refractivity contribution in [3.8, 4) is 0 Å². The summed E-state index contributed by atoms with van der Waals surface area (Å²) < 4.78 is 1.40. The number of nitrogens with zero attached hydrogens (tertiary/aromatic N) is 3. The van der Waals surface area contributed by atoms with Crippen LogP contribution in [0.25, 0.3) is 10.2 Å². The van der Waals surface area contributed by atoms with Crippen LogP contribution in [0.1, 0.15) is 13.3 Å². The molecular weight excluding hydrogens is 354 g/mol. The topological polar surface area (TPSA) is 55.2 Å². The van der Waals surface area contributed by atoms with Crippen LogP contribution < -0.4 is 10.5 Å². The lowest BCUT2D eigenvalue weighted by atomic mass is 10.2. The minimum Gasteiger partial charge on any atom is -0.310 e.